The maximum Gasteiger partial charge on any atom is 0.262 e. The van der Waals surface area contributed by atoms with Crippen LogP contribution in [0.3, 0.4) is 0 Å². The van der Waals surface area contributed by atoms with Crippen LogP contribution in [0.4, 0.5) is 11.4 Å². The Balaban J connectivity index is 1.99. The molecule has 3 rings (SSSR count). The van der Waals surface area contributed by atoms with E-state index in [4.69, 9.17) is 0 Å². The van der Waals surface area contributed by atoms with E-state index in [0.29, 0.717) is 6.42 Å². The number of amides is 1. The largest absolute Gasteiger partial charge is 0.354 e. The first-order chi connectivity index (χ1) is 12.1. The number of rotatable bonds is 3. The van der Waals surface area contributed by atoms with Gasteiger partial charge < -0.3 is 9.47 Å². The highest BCUT2D eigenvalue weighted by molar-refractivity contribution is 9.10. The molecule has 0 bridgehead atoms. The molecule has 1 aromatic heterocycles. The van der Waals surface area contributed by atoms with E-state index in [0.717, 1.165) is 11.3 Å². The number of carbonyl (C=O) groups excluding carboxylic acids is 1. The maximum absolute atomic E-state index is 12.7. The summed E-state index contributed by atoms with van der Waals surface area (Å²) in [7, 11) is -2.24. The van der Waals surface area contributed by atoms with Crippen LogP contribution in [0.25, 0.3) is 0 Å². The van der Waals surface area contributed by atoms with Crippen molar-refractivity contribution in [3.8, 4) is 0 Å². The SMILES string of the molecule is CC(=O)N1c2ccc(S(=O)(=O)Nc3cn(C)cc(Br)c3=O)cc2CC1C. The van der Waals surface area contributed by atoms with Crippen molar-refractivity contribution in [2.45, 2.75) is 31.2 Å². The number of carbonyl (C=O) groups is 1. The molecule has 1 aliphatic heterocycles. The van der Waals surface area contributed by atoms with Gasteiger partial charge in [-0.3, -0.25) is 14.3 Å². The van der Waals surface area contributed by atoms with Gasteiger partial charge in [0.2, 0.25) is 11.3 Å². The number of aromatic nitrogens is 1. The van der Waals surface area contributed by atoms with Crippen molar-refractivity contribution in [3.05, 3.63) is 50.9 Å². The fourth-order valence-corrected chi connectivity index (χ4v) is 4.83. The molecule has 1 N–H and O–H groups in total. The highest BCUT2D eigenvalue weighted by atomic mass is 79.9. The van der Waals surface area contributed by atoms with Gasteiger partial charge in [0.25, 0.3) is 10.0 Å². The Morgan fingerprint density at radius 1 is 1.31 bits per heavy atom. The molecule has 7 nitrogen and oxygen atoms in total. The first-order valence-electron chi connectivity index (χ1n) is 7.91. The number of anilines is 2. The number of nitrogens with one attached hydrogen (secondary N) is 1. The second kappa shape index (κ2) is 6.55. The van der Waals surface area contributed by atoms with Gasteiger partial charge in [-0.1, -0.05) is 0 Å². The second-order valence-electron chi connectivity index (χ2n) is 6.35. The van der Waals surface area contributed by atoms with Crippen molar-refractivity contribution in [2.75, 3.05) is 9.62 Å². The van der Waals surface area contributed by atoms with Crippen LogP contribution in [-0.4, -0.2) is 24.9 Å². The number of halogens is 1. The molecule has 26 heavy (non-hydrogen) atoms. The molecule has 9 heteroatoms. The fraction of sp³-hybridized carbons (Fsp3) is 0.294. The van der Waals surface area contributed by atoms with Gasteiger partial charge in [-0.05, 0) is 53.0 Å². The molecule has 2 aromatic rings. The van der Waals surface area contributed by atoms with Gasteiger partial charge in [-0.2, -0.15) is 0 Å². The Kier molecular flexibility index (Phi) is 4.70. The number of hydrogen-bond acceptors (Lipinski definition) is 4. The van der Waals surface area contributed by atoms with Crippen LogP contribution >= 0.6 is 15.9 Å². The van der Waals surface area contributed by atoms with E-state index < -0.39 is 15.5 Å². The van der Waals surface area contributed by atoms with Gasteiger partial charge in [-0.15, -0.1) is 0 Å². The van der Waals surface area contributed by atoms with Gasteiger partial charge in [0.1, 0.15) is 5.69 Å². The Morgan fingerprint density at radius 3 is 2.65 bits per heavy atom. The minimum Gasteiger partial charge on any atom is -0.354 e. The quantitative estimate of drug-likeness (QED) is 0.793. The molecule has 0 radical (unpaired) electrons. The Labute approximate surface area is 159 Å². The number of hydrogen-bond donors (Lipinski definition) is 1. The lowest BCUT2D eigenvalue weighted by Gasteiger charge is -2.20. The smallest absolute Gasteiger partial charge is 0.262 e. The minimum atomic E-state index is -3.93. The number of benzene rings is 1. The molecule has 0 fully saturated rings. The Bertz CT molecular complexity index is 1060. The molecule has 1 atom stereocenters. The third kappa shape index (κ3) is 3.28. The zero-order valence-corrected chi connectivity index (χ0v) is 16.9. The molecule has 1 aliphatic rings. The van der Waals surface area contributed by atoms with E-state index in [1.807, 2.05) is 6.92 Å². The average molecular weight is 440 g/mol. The molecule has 0 aliphatic carbocycles. The van der Waals surface area contributed by atoms with Crippen LogP contribution in [0.5, 0.6) is 0 Å². The number of aryl methyl sites for hydroxylation is 1. The maximum atomic E-state index is 12.7. The minimum absolute atomic E-state index is 0.0224. The number of sulfonamides is 1. The third-order valence-corrected chi connectivity index (χ3v) is 6.20. The molecular weight excluding hydrogens is 422 g/mol. The predicted molar refractivity (Wildman–Crippen MR) is 103 cm³/mol. The standard InChI is InChI=1S/C17H18BrN3O4S/c1-10-6-12-7-13(4-5-16(12)21(10)11(2)22)26(24,25)19-15-9-20(3)8-14(18)17(15)23/h4-5,7-10,19H,6H2,1-3H3. The molecule has 1 amide bonds. The summed E-state index contributed by atoms with van der Waals surface area (Å²) < 4.78 is 29.6. The predicted octanol–water partition coefficient (Wildman–Crippen LogP) is 2.25. The molecular formula is C17H18BrN3O4S. The highest BCUT2D eigenvalue weighted by Crippen LogP contribution is 2.34. The van der Waals surface area contributed by atoms with Crippen molar-refractivity contribution in [2.24, 2.45) is 7.05 Å². The topological polar surface area (TPSA) is 88.5 Å². The first-order valence-corrected chi connectivity index (χ1v) is 10.2. The van der Waals surface area contributed by atoms with Gasteiger partial charge in [0.05, 0.1) is 9.37 Å². The summed E-state index contributed by atoms with van der Waals surface area (Å²) in [6, 6.07) is 4.61. The van der Waals surface area contributed by atoms with Gasteiger partial charge in [0.15, 0.2) is 0 Å². The summed E-state index contributed by atoms with van der Waals surface area (Å²) in [6.07, 6.45) is 3.54. The van der Waals surface area contributed by atoms with Crippen LogP contribution < -0.4 is 15.1 Å². The molecule has 2 heterocycles. The summed E-state index contributed by atoms with van der Waals surface area (Å²) in [5.74, 6) is -0.0809. The van der Waals surface area contributed by atoms with Crippen molar-refractivity contribution >= 4 is 43.2 Å². The molecule has 138 valence electrons. The second-order valence-corrected chi connectivity index (χ2v) is 8.89. The van der Waals surface area contributed by atoms with Crippen LogP contribution in [0.15, 0.2) is 44.8 Å². The molecule has 1 aromatic carbocycles. The zero-order chi connectivity index (χ0) is 19.2. The molecule has 1 unspecified atom stereocenters. The first kappa shape index (κ1) is 18.7. The monoisotopic (exact) mass is 439 g/mol. The third-order valence-electron chi connectivity index (χ3n) is 4.27. The van der Waals surface area contributed by atoms with E-state index in [-0.39, 0.29) is 27.0 Å². The van der Waals surface area contributed by atoms with Crippen LogP contribution in [0, 0.1) is 0 Å². The van der Waals surface area contributed by atoms with Crippen LogP contribution in [0.2, 0.25) is 0 Å². The summed E-state index contributed by atoms with van der Waals surface area (Å²) >= 11 is 3.12. The molecule has 0 spiro atoms. The number of fused-ring (bicyclic) bond motifs is 1. The van der Waals surface area contributed by atoms with E-state index in [2.05, 4.69) is 20.7 Å². The van der Waals surface area contributed by atoms with Crippen LogP contribution in [-0.2, 0) is 28.3 Å². The van der Waals surface area contributed by atoms with Gasteiger partial charge in [-0.25, -0.2) is 8.42 Å². The van der Waals surface area contributed by atoms with Crippen molar-refractivity contribution in [1.82, 2.24) is 4.57 Å². The van der Waals surface area contributed by atoms with E-state index in [1.165, 1.54) is 19.2 Å². The van der Waals surface area contributed by atoms with E-state index >= 15 is 0 Å². The lowest BCUT2D eigenvalue weighted by atomic mass is 10.1. The summed E-state index contributed by atoms with van der Waals surface area (Å²) in [6.45, 7) is 3.40. The van der Waals surface area contributed by atoms with Crippen molar-refractivity contribution in [3.63, 3.8) is 0 Å². The lowest BCUT2D eigenvalue weighted by Crippen LogP contribution is -2.33. The summed E-state index contributed by atoms with van der Waals surface area (Å²) in [4.78, 5) is 25.7. The number of nitrogens with zero attached hydrogens (tertiary/aromatic N) is 2. The summed E-state index contributed by atoms with van der Waals surface area (Å²) in [5.41, 5.74) is 1.03. The highest BCUT2D eigenvalue weighted by Gasteiger charge is 2.30. The van der Waals surface area contributed by atoms with Gasteiger partial charge in [0, 0.05) is 38.1 Å². The summed E-state index contributed by atoms with van der Waals surface area (Å²) in [5, 5.41) is 0. The van der Waals surface area contributed by atoms with Crippen LogP contribution in [0.1, 0.15) is 19.4 Å². The Morgan fingerprint density at radius 2 is 2.00 bits per heavy atom. The Hall–Kier alpha value is -2.13. The molecule has 0 saturated heterocycles. The fourth-order valence-electron chi connectivity index (χ4n) is 3.20. The lowest BCUT2D eigenvalue weighted by molar-refractivity contribution is -0.116. The number of pyridine rings is 1. The average Bonchev–Trinajstić information content (AvgIpc) is 2.86. The normalized spacial score (nSPS) is 16.5. The van der Waals surface area contributed by atoms with E-state index in [1.54, 1.807) is 34.8 Å². The van der Waals surface area contributed by atoms with Gasteiger partial charge >= 0.3 is 0 Å². The van der Waals surface area contributed by atoms with E-state index in [9.17, 15) is 18.0 Å². The van der Waals surface area contributed by atoms with Crippen molar-refractivity contribution in [1.29, 1.82) is 0 Å². The zero-order valence-electron chi connectivity index (χ0n) is 14.5. The van der Waals surface area contributed by atoms with Crippen molar-refractivity contribution < 1.29 is 13.2 Å². The molecule has 0 saturated carbocycles.